The van der Waals surface area contributed by atoms with Gasteiger partial charge in [0, 0.05) is 22.7 Å². The number of ether oxygens (including phenoxy) is 1. The molecule has 5 rings (SSSR count). The topological polar surface area (TPSA) is 151 Å². The molecule has 3 aromatic carbocycles. The lowest BCUT2D eigenvalue weighted by Gasteiger charge is -2.49. The Morgan fingerprint density at radius 1 is 1.04 bits per heavy atom. The Morgan fingerprint density at radius 3 is 2.49 bits per heavy atom. The van der Waals surface area contributed by atoms with Crippen LogP contribution in [-0.2, 0) is 31.0 Å². The molecule has 0 spiro atoms. The standard InChI is InChI=1S/C32H34ClN3O8S/c1-43-32(40)21-7-5-6-19(16-21)18-44-34-30(38)28-25-17-23(37)14-15-24(25)31(39)36(29(28)20-10-12-22(33)13-11-20)27-9-4-3-8-26(27)35-45(2,41)42/h5-7,10-17,26-29,35,37H,3-4,8-9,18H2,1-2H3,(H,34,38)/t26-,27?,28+,29-/m0/s1. The number of halogens is 1. The maximum atomic E-state index is 14.3. The average Bonchev–Trinajstić information content (AvgIpc) is 3.00. The summed E-state index contributed by atoms with van der Waals surface area (Å²) in [5, 5.41) is 10.9. The summed E-state index contributed by atoms with van der Waals surface area (Å²) in [6.45, 7) is -0.0760. The number of esters is 1. The van der Waals surface area contributed by atoms with Crippen LogP contribution in [0, 0.1) is 0 Å². The number of sulfonamides is 1. The van der Waals surface area contributed by atoms with Crippen LogP contribution in [-0.4, -0.2) is 61.7 Å². The van der Waals surface area contributed by atoms with Gasteiger partial charge in [-0.3, -0.25) is 14.4 Å². The molecule has 13 heteroatoms. The number of benzene rings is 3. The SMILES string of the molecule is COC(=O)c1cccc(CONC(=O)[C@@H]2c3cc(O)ccc3C(=O)N(C3CCCC[C@@H]3NS(C)(=O)=O)[C@H]2c2ccc(Cl)cc2)c1. The molecule has 0 bridgehead atoms. The second-order valence-electron chi connectivity index (χ2n) is 11.3. The van der Waals surface area contributed by atoms with Crippen LogP contribution in [0.2, 0.25) is 5.02 Å². The van der Waals surface area contributed by atoms with Gasteiger partial charge in [0.2, 0.25) is 10.0 Å². The number of amides is 2. The number of methoxy groups -OCH3 is 1. The highest BCUT2D eigenvalue weighted by Gasteiger charge is 2.49. The normalized spacial score (nSPS) is 21.6. The van der Waals surface area contributed by atoms with Gasteiger partial charge in [0.15, 0.2) is 0 Å². The molecule has 0 radical (unpaired) electrons. The second kappa shape index (κ2) is 13.6. The van der Waals surface area contributed by atoms with Crippen LogP contribution in [0.15, 0.2) is 66.7 Å². The number of rotatable bonds is 9. The van der Waals surface area contributed by atoms with Crippen molar-refractivity contribution in [1.29, 1.82) is 0 Å². The summed E-state index contributed by atoms with van der Waals surface area (Å²) in [6.07, 6.45) is 3.65. The molecule has 1 saturated carbocycles. The van der Waals surface area contributed by atoms with Crippen molar-refractivity contribution in [2.75, 3.05) is 13.4 Å². The van der Waals surface area contributed by atoms with Crippen molar-refractivity contribution < 1.29 is 37.5 Å². The zero-order valence-corrected chi connectivity index (χ0v) is 26.3. The summed E-state index contributed by atoms with van der Waals surface area (Å²) < 4.78 is 32.2. The molecule has 2 aliphatic rings. The number of hydrogen-bond donors (Lipinski definition) is 3. The number of phenols is 1. The molecule has 2 amide bonds. The Kier molecular flexibility index (Phi) is 9.78. The molecule has 1 heterocycles. The van der Waals surface area contributed by atoms with E-state index in [1.165, 1.54) is 25.3 Å². The van der Waals surface area contributed by atoms with E-state index in [0.29, 0.717) is 40.1 Å². The number of hydroxylamine groups is 1. The molecule has 238 valence electrons. The minimum absolute atomic E-state index is 0.0760. The van der Waals surface area contributed by atoms with Crippen LogP contribution in [0.3, 0.4) is 0 Å². The largest absolute Gasteiger partial charge is 0.508 e. The van der Waals surface area contributed by atoms with Crippen molar-refractivity contribution in [2.45, 2.75) is 56.3 Å². The first kappa shape index (κ1) is 32.4. The summed E-state index contributed by atoms with van der Waals surface area (Å²) in [7, 11) is -2.33. The minimum Gasteiger partial charge on any atom is -0.508 e. The van der Waals surface area contributed by atoms with Crippen LogP contribution in [0.1, 0.15) is 75.0 Å². The highest BCUT2D eigenvalue weighted by molar-refractivity contribution is 7.88. The van der Waals surface area contributed by atoms with Gasteiger partial charge in [-0.2, -0.15) is 0 Å². The first-order valence-electron chi connectivity index (χ1n) is 14.4. The summed E-state index contributed by atoms with van der Waals surface area (Å²) in [5.74, 6) is -2.68. The predicted molar refractivity (Wildman–Crippen MR) is 166 cm³/mol. The van der Waals surface area contributed by atoms with Gasteiger partial charge in [-0.1, -0.05) is 48.7 Å². The quantitative estimate of drug-likeness (QED) is 0.229. The molecule has 0 aromatic heterocycles. The van der Waals surface area contributed by atoms with E-state index in [1.807, 2.05) is 0 Å². The highest BCUT2D eigenvalue weighted by atomic mass is 35.5. The second-order valence-corrected chi connectivity index (χ2v) is 13.5. The highest BCUT2D eigenvalue weighted by Crippen LogP contribution is 2.47. The molecule has 45 heavy (non-hydrogen) atoms. The number of fused-ring (bicyclic) bond motifs is 1. The van der Waals surface area contributed by atoms with Crippen molar-refractivity contribution in [2.24, 2.45) is 0 Å². The third-order valence-electron chi connectivity index (χ3n) is 8.16. The fourth-order valence-electron chi connectivity index (χ4n) is 6.27. The van der Waals surface area contributed by atoms with E-state index in [9.17, 15) is 27.9 Å². The Labute approximate surface area is 266 Å². The van der Waals surface area contributed by atoms with Crippen LogP contribution in [0.5, 0.6) is 5.75 Å². The average molecular weight is 656 g/mol. The number of carbonyl (C=O) groups excluding carboxylic acids is 3. The number of nitrogens with one attached hydrogen (secondary N) is 2. The lowest BCUT2D eigenvalue weighted by molar-refractivity contribution is -0.138. The lowest BCUT2D eigenvalue weighted by Crippen LogP contribution is -2.59. The van der Waals surface area contributed by atoms with E-state index >= 15 is 0 Å². The zero-order valence-electron chi connectivity index (χ0n) is 24.7. The third-order valence-corrected chi connectivity index (χ3v) is 9.14. The molecule has 3 N–H and O–H groups in total. The maximum Gasteiger partial charge on any atom is 0.337 e. The number of carbonyl (C=O) groups is 3. The van der Waals surface area contributed by atoms with Crippen molar-refractivity contribution in [3.63, 3.8) is 0 Å². The smallest absolute Gasteiger partial charge is 0.337 e. The van der Waals surface area contributed by atoms with Crippen molar-refractivity contribution >= 4 is 39.4 Å². The van der Waals surface area contributed by atoms with E-state index in [2.05, 4.69) is 10.2 Å². The van der Waals surface area contributed by atoms with Crippen LogP contribution < -0.4 is 10.2 Å². The lowest BCUT2D eigenvalue weighted by atomic mass is 9.76. The Morgan fingerprint density at radius 2 is 1.78 bits per heavy atom. The fourth-order valence-corrected chi connectivity index (χ4v) is 7.22. The van der Waals surface area contributed by atoms with E-state index in [4.69, 9.17) is 21.2 Å². The summed E-state index contributed by atoms with van der Waals surface area (Å²) >= 11 is 6.21. The number of aromatic hydroxyl groups is 1. The Hall–Kier alpha value is -3.97. The number of phenolic OH excluding ortho intramolecular Hbond substituents is 1. The first-order valence-corrected chi connectivity index (χ1v) is 16.7. The monoisotopic (exact) mass is 655 g/mol. The van der Waals surface area contributed by atoms with Crippen LogP contribution in [0.4, 0.5) is 0 Å². The number of nitrogens with zero attached hydrogens (tertiary/aromatic N) is 1. The van der Waals surface area contributed by atoms with Gasteiger partial charge in [0.05, 0.1) is 37.5 Å². The first-order chi connectivity index (χ1) is 21.5. The van der Waals surface area contributed by atoms with Gasteiger partial charge < -0.3 is 14.7 Å². The molecule has 1 unspecified atom stereocenters. The molecule has 1 aliphatic carbocycles. The fraction of sp³-hybridized carbons (Fsp3) is 0.344. The van der Waals surface area contributed by atoms with Gasteiger partial charge in [-0.15, -0.1) is 0 Å². The summed E-state index contributed by atoms with van der Waals surface area (Å²) in [4.78, 5) is 47.6. The Bertz CT molecular complexity index is 1700. The van der Waals surface area contributed by atoms with Crippen LogP contribution in [0.25, 0.3) is 0 Å². The molecule has 3 aromatic rings. The molecule has 1 aliphatic heterocycles. The predicted octanol–water partition coefficient (Wildman–Crippen LogP) is 4.22. The van der Waals surface area contributed by atoms with Crippen molar-refractivity contribution in [3.8, 4) is 5.75 Å². The van der Waals surface area contributed by atoms with Gasteiger partial charge in [0.1, 0.15) is 5.75 Å². The van der Waals surface area contributed by atoms with Gasteiger partial charge in [-0.25, -0.2) is 23.4 Å². The van der Waals surface area contributed by atoms with Crippen molar-refractivity contribution in [1.82, 2.24) is 15.1 Å². The van der Waals surface area contributed by atoms with E-state index in [1.54, 1.807) is 53.4 Å². The van der Waals surface area contributed by atoms with Gasteiger partial charge in [-0.05, 0) is 72.0 Å². The van der Waals surface area contributed by atoms with E-state index in [-0.39, 0.29) is 23.8 Å². The molecule has 11 nitrogen and oxygen atoms in total. The van der Waals surface area contributed by atoms with Crippen LogP contribution >= 0.6 is 11.6 Å². The molecule has 1 fully saturated rings. The Balaban J connectivity index is 1.54. The zero-order chi connectivity index (χ0) is 32.3. The van der Waals surface area contributed by atoms with Gasteiger partial charge >= 0.3 is 5.97 Å². The third kappa shape index (κ3) is 7.30. The van der Waals surface area contributed by atoms with E-state index < -0.39 is 45.9 Å². The summed E-state index contributed by atoms with van der Waals surface area (Å²) in [6, 6.07) is 15.5. The molecule has 4 atom stereocenters. The maximum absolute atomic E-state index is 14.3. The molecular weight excluding hydrogens is 622 g/mol. The summed E-state index contributed by atoms with van der Waals surface area (Å²) in [5.41, 5.74) is 4.54. The minimum atomic E-state index is -3.61. The van der Waals surface area contributed by atoms with Crippen molar-refractivity contribution in [3.05, 3.63) is 99.6 Å². The molecule has 0 saturated heterocycles. The number of hydrogen-bond acceptors (Lipinski definition) is 8. The van der Waals surface area contributed by atoms with E-state index in [0.717, 1.165) is 19.1 Å². The molecular formula is C32H34ClN3O8S. The van der Waals surface area contributed by atoms with Gasteiger partial charge in [0.25, 0.3) is 11.8 Å².